The van der Waals surface area contributed by atoms with Crippen molar-refractivity contribution >= 4 is 11.6 Å². The second kappa shape index (κ2) is 7.96. The molecule has 0 bridgehead atoms. The molecular weight excluding hydrogens is 306 g/mol. The van der Waals surface area contributed by atoms with E-state index in [0.717, 1.165) is 45.0 Å². The van der Waals surface area contributed by atoms with Gasteiger partial charge in [0.2, 0.25) is 0 Å². The van der Waals surface area contributed by atoms with Crippen LogP contribution in [0.3, 0.4) is 0 Å². The third kappa shape index (κ3) is 3.71. The van der Waals surface area contributed by atoms with Crippen LogP contribution in [0.5, 0.6) is 0 Å². The van der Waals surface area contributed by atoms with Crippen molar-refractivity contribution in [2.24, 2.45) is 0 Å². The van der Waals surface area contributed by atoms with E-state index in [-0.39, 0.29) is 5.91 Å². The maximum absolute atomic E-state index is 12.7. The zero-order valence-electron chi connectivity index (χ0n) is 14.3. The van der Waals surface area contributed by atoms with Crippen molar-refractivity contribution in [2.75, 3.05) is 51.4 Å². The van der Waals surface area contributed by atoms with E-state index in [0.29, 0.717) is 19.4 Å². The van der Waals surface area contributed by atoms with Gasteiger partial charge >= 0.3 is 0 Å². The zero-order valence-corrected chi connectivity index (χ0v) is 14.3. The number of carbonyl (C=O) groups is 1. The highest BCUT2D eigenvalue weighted by atomic mass is 16.5. The van der Waals surface area contributed by atoms with Gasteiger partial charge in [0.25, 0.3) is 5.91 Å². The Labute approximate surface area is 143 Å². The van der Waals surface area contributed by atoms with Crippen LogP contribution in [0.15, 0.2) is 24.3 Å². The summed E-state index contributed by atoms with van der Waals surface area (Å²) in [7, 11) is 1.63. The maximum Gasteiger partial charge on any atom is 0.252 e. The molecule has 0 atom stereocenters. The van der Waals surface area contributed by atoms with Crippen molar-refractivity contribution in [3.8, 4) is 0 Å². The van der Waals surface area contributed by atoms with Gasteiger partial charge in [-0.25, -0.2) is 0 Å². The summed E-state index contributed by atoms with van der Waals surface area (Å²) in [4.78, 5) is 15.0. The molecule has 2 aliphatic rings. The monoisotopic (exact) mass is 333 g/mol. The number of piperidine rings is 1. The number of carbonyl (C=O) groups excluding carboxylic acids is 1. The number of hydrogen-bond acceptors (Lipinski definition) is 5. The Morgan fingerprint density at radius 2 is 2.00 bits per heavy atom. The Hall–Kier alpha value is -1.63. The number of ether oxygens (including phenoxy) is 2. The van der Waals surface area contributed by atoms with Gasteiger partial charge in [-0.1, -0.05) is 18.2 Å². The molecule has 6 nitrogen and oxygen atoms in total. The minimum absolute atomic E-state index is 0.0109. The van der Waals surface area contributed by atoms with Gasteiger partial charge in [-0.3, -0.25) is 4.79 Å². The van der Waals surface area contributed by atoms with Crippen LogP contribution in [0, 0.1) is 0 Å². The minimum Gasteiger partial charge on any atom is -0.378 e. The largest absolute Gasteiger partial charge is 0.378 e. The molecule has 2 saturated heterocycles. The molecule has 0 saturated carbocycles. The number of nitrogens with one attached hydrogen (secondary N) is 2. The van der Waals surface area contributed by atoms with Crippen LogP contribution in [0.25, 0.3) is 0 Å². The number of nitrogens with zero attached hydrogens (tertiary/aromatic N) is 1. The second-order valence-corrected chi connectivity index (χ2v) is 6.36. The topological polar surface area (TPSA) is 62.8 Å². The molecule has 132 valence electrons. The van der Waals surface area contributed by atoms with Gasteiger partial charge in [0, 0.05) is 32.4 Å². The number of para-hydroxylation sites is 1. The number of amides is 1. The van der Waals surface area contributed by atoms with Crippen molar-refractivity contribution in [2.45, 2.75) is 25.0 Å². The van der Waals surface area contributed by atoms with Crippen LogP contribution in [-0.4, -0.2) is 58.0 Å². The Bertz CT molecular complexity index is 552. The molecule has 3 rings (SSSR count). The molecule has 0 aromatic heterocycles. The lowest BCUT2D eigenvalue weighted by Gasteiger charge is -2.35. The summed E-state index contributed by atoms with van der Waals surface area (Å²) in [5.41, 5.74) is 1.62. The van der Waals surface area contributed by atoms with Crippen molar-refractivity contribution in [1.82, 2.24) is 10.6 Å². The van der Waals surface area contributed by atoms with Crippen LogP contribution in [0.4, 0.5) is 5.69 Å². The van der Waals surface area contributed by atoms with Gasteiger partial charge in [-0.15, -0.1) is 0 Å². The van der Waals surface area contributed by atoms with Crippen LogP contribution in [-0.2, 0) is 20.8 Å². The summed E-state index contributed by atoms with van der Waals surface area (Å²) in [5.74, 6) is -0.0109. The highest BCUT2D eigenvalue weighted by Crippen LogP contribution is 2.24. The summed E-state index contributed by atoms with van der Waals surface area (Å²) in [6, 6.07) is 8.25. The smallest absolute Gasteiger partial charge is 0.252 e. The van der Waals surface area contributed by atoms with Crippen molar-refractivity contribution < 1.29 is 14.3 Å². The van der Waals surface area contributed by atoms with Crippen molar-refractivity contribution in [3.63, 3.8) is 0 Å². The van der Waals surface area contributed by atoms with Gasteiger partial charge in [0.05, 0.1) is 13.2 Å². The van der Waals surface area contributed by atoms with Crippen molar-refractivity contribution in [1.29, 1.82) is 0 Å². The number of hydrogen-bond donors (Lipinski definition) is 2. The first kappa shape index (κ1) is 17.2. The first-order valence-electron chi connectivity index (χ1n) is 8.70. The summed E-state index contributed by atoms with van der Waals surface area (Å²) in [5, 5.41) is 6.37. The fourth-order valence-electron chi connectivity index (χ4n) is 3.46. The van der Waals surface area contributed by atoms with Crippen LogP contribution < -0.4 is 15.5 Å². The molecule has 1 aromatic carbocycles. The molecule has 2 fully saturated rings. The highest BCUT2D eigenvalue weighted by molar-refractivity contribution is 5.85. The number of methoxy groups -OCH3 is 1. The molecule has 0 radical (unpaired) electrons. The summed E-state index contributed by atoms with van der Waals surface area (Å²) >= 11 is 0. The van der Waals surface area contributed by atoms with Crippen molar-refractivity contribution in [3.05, 3.63) is 29.8 Å². The molecule has 2 aliphatic heterocycles. The van der Waals surface area contributed by atoms with Crippen LogP contribution >= 0.6 is 0 Å². The van der Waals surface area contributed by atoms with E-state index in [1.807, 2.05) is 12.1 Å². The molecule has 0 unspecified atom stereocenters. The van der Waals surface area contributed by atoms with Crippen LogP contribution in [0.1, 0.15) is 18.4 Å². The Balaban J connectivity index is 1.66. The average Bonchev–Trinajstić information content (AvgIpc) is 2.67. The molecule has 2 N–H and O–H groups in total. The highest BCUT2D eigenvalue weighted by Gasteiger charge is 2.39. The number of morpholine rings is 1. The lowest BCUT2D eigenvalue weighted by Crippen LogP contribution is -2.54. The molecule has 0 aliphatic carbocycles. The Morgan fingerprint density at radius 1 is 1.29 bits per heavy atom. The van der Waals surface area contributed by atoms with E-state index in [4.69, 9.17) is 9.47 Å². The third-order valence-electron chi connectivity index (χ3n) is 5.00. The number of anilines is 1. The summed E-state index contributed by atoms with van der Waals surface area (Å²) in [6.07, 6.45) is 1.42. The normalized spacial score (nSPS) is 20.6. The quantitative estimate of drug-likeness (QED) is 0.839. The van der Waals surface area contributed by atoms with Crippen LogP contribution in [0.2, 0.25) is 0 Å². The molecule has 6 heteroatoms. The Kier molecular flexibility index (Phi) is 5.71. The van der Waals surface area contributed by atoms with E-state index < -0.39 is 5.60 Å². The van der Waals surface area contributed by atoms with Gasteiger partial charge < -0.3 is 25.0 Å². The summed E-state index contributed by atoms with van der Waals surface area (Å²) < 4.78 is 11.0. The van der Waals surface area contributed by atoms with Gasteiger partial charge in [-0.2, -0.15) is 0 Å². The molecule has 1 amide bonds. The van der Waals surface area contributed by atoms with E-state index in [1.165, 1.54) is 5.69 Å². The first-order valence-corrected chi connectivity index (χ1v) is 8.70. The van der Waals surface area contributed by atoms with Gasteiger partial charge in [0.1, 0.15) is 5.60 Å². The first-order chi connectivity index (χ1) is 11.7. The van der Waals surface area contributed by atoms with Gasteiger partial charge in [0.15, 0.2) is 0 Å². The summed E-state index contributed by atoms with van der Waals surface area (Å²) in [6.45, 7) is 5.42. The molecule has 2 heterocycles. The zero-order chi connectivity index (χ0) is 16.8. The molecule has 0 spiro atoms. The lowest BCUT2D eigenvalue weighted by molar-refractivity contribution is -0.146. The maximum atomic E-state index is 12.7. The molecule has 24 heavy (non-hydrogen) atoms. The van der Waals surface area contributed by atoms with E-state index in [9.17, 15) is 4.79 Å². The van der Waals surface area contributed by atoms with E-state index >= 15 is 0 Å². The predicted molar refractivity (Wildman–Crippen MR) is 93.2 cm³/mol. The predicted octanol–water partition coefficient (Wildman–Crippen LogP) is 0.908. The SMILES string of the molecule is COC1(C(=O)NCc2ccccc2N2CCOCC2)CCNCC1. The van der Waals surface area contributed by atoms with E-state index in [1.54, 1.807) is 7.11 Å². The van der Waals surface area contributed by atoms with E-state index in [2.05, 4.69) is 27.7 Å². The lowest BCUT2D eigenvalue weighted by atomic mass is 9.91. The van der Waals surface area contributed by atoms with Gasteiger partial charge in [-0.05, 0) is 37.6 Å². The second-order valence-electron chi connectivity index (χ2n) is 6.36. The fraction of sp³-hybridized carbons (Fsp3) is 0.611. The molecule has 1 aromatic rings. The standard InChI is InChI=1S/C18H27N3O3/c1-23-18(6-8-19-9-7-18)17(22)20-14-15-4-2-3-5-16(15)21-10-12-24-13-11-21/h2-5,19H,6-14H2,1H3,(H,20,22). The molecular formula is C18H27N3O3. The minimum atomic E-state index is -0.695. The fourth-order valence-corrected chi connectivity index (χ4v) is 3.46. The Morgan fingerprint density at radius 3 is 2.71 bits per heavy atom. The third-order valence-corrected chi connectivity index (χ3v) is 5.00. The number of rotatable bonds is 5. The number of benzene rings is 1. The average molecular weight is 333 g/mol.